The summed E-state index contributed by atoms with van der Waals surface area (Å²) in [6, 6.07) is 0.598. The topological polar surface area (TPSA) is 211 Å². The normalized spacial score (nSPS) is 14.6. The lowest BCUT2D eigenvalue weighted by molar-refractivity contribution is -0.143. The van der Waals surface area contributed by atoms with Crippen LogP contribution in [0.3, 0.4) is 0 Å². The van der Waals surface area contributed by atoms with Crippen molar-refractivity contribution in [2.75, 3.05) is 13.2 Å². The zero-order valence-electron chi connectivity index (χ0n) is 18.5. The van der Waals surface area contributed by atoms with Crippen LogP contribution in [0, 0.1) is 5.92 Å². The highest BCUT2D eigenvalue weighted by atomic mass is 16.4. The van der Waals surface area contributed by atoms with E-state index in [0.717, 1.165) is 0 Å². The van der Waals surface area contributed by atoms with E-state index < -0.39 is 61.1 Å². The molecule has 1 aromatic carbocycles. The van der Waals surface area contributed by atoms with Crippen LogP contribution in [0.4, 0.5) is 0 Å². The van der Waals surface area contributed by atoms with Crippen molar-refractivity contribution in [3.63, 3.8) is 0 Å². The first kappa shape index (κ1) is 27.8. The number of aromatic hydroxyl groups is 1. The SMILES string of the molecule is CC(C)CC(NC(=O)C(CO)NC(=O)C(Cc1ccc(O)cc1)NC(=O)C(N)CO)C(=O)O. The first-order chi connectivity index (χ1) is 15.5. The molecule has 0 aliphatic heterocycles. The third-order valence-corrected chi connectivity index (χ3v) is 4.68. The van der Waals surface area contributed by atoms with Gasteiger partial charge in [-0.05, 0) is 30.0 Å². The van der Waals surface area contributed by atoms with Gasteiger partial charge >= 0.3 is 5.97 Å². The number of phenolic OH excluding ortho intramolecular Hbond substituents is 1. The van der Waals surface area contributed by atoms with Gasteiger partial charge < -0.3 is 42.1 Å². The van der Waals surface area contributed by atoms with Crippen molar-refractivity contribution in [2.24, 2.45) is 11.7 Å². The average molecular weight is 469 g/mol. The largest absolute Gasteiger partial charge is 0.508 e. The van der Waals surface area contributed by atoms with Crippen molar-refractivity contribution in [3.8, 4) is 5.75 Å². The lowest BCUT2D eigenvalue weighted by Gasteiger charge is -2.24. The number of aliphatic hydroxyl groups excluding tert-OH is 2. The zero-order chi connectivity index (χ0) is 25.1. The predicted octanol–water partition coefficient (Wildman–Crippen LogP) is -2.17. The predicted molar refractivity (Wildman–Crippen MR) is 117 cm³/mol. The molecule has 0 saturated heterocycles. The van der Waals surface area contributed by atoms with E-state index in [9.17, 15) is 34.5 Å². The summed E-state index contributed by atoms with van der Waals surface area (Å²) in [5.41, 5.74) is 6.04. The van der Waals surface area contributed by atoms with Gasteiger partial charge in [-0.3, -0.25) is 14.4 Å². The van der Waals surface area contributed by atoms with E-state index in [-0.39, 0.29) is 24.5 Å². The molecule has 1 rings (SSSR count). The third kappa shape index (κ3) is 9.43. The monoisotopic (exact) mass is 468 g/mol. The Kier molecular flexibility index (Phi) is 11.3. The average Bonchev–Trinajstić information content (AvgIpc) is 2.76. The van der Waals surface area contributed by atoms with E-state index in [0.29, 0.717) is 5.56 Å². The molecule has 12 nitrogen and oxygen atoms in total. The van der Waals surface area contributed by atoms with Gasteiger partial charge in [-0.2, -0.15) is 0 Å². The molecule has 33 heavy (non-hydrogen) atoms. The van der Waals surface area contributed by atoms with Gasteiger partial charge in [0.1, 0.15) is 29.9 Å². The number of carbonyl (C=O) groups is 4. The summed E-state index contributed by atoms with van der Waals surface area (Å²) in [6.07, 6.45) is 0.0899. The van der Waals surface area contributed by atoms with Crippen molar-refractivity contribution in [2.45, 2.75) is 50.9 Å². The first-order valence-electron chi connectivity index (χ1n) is 10.4. The molecule has 0 aliphatic rings. The van der Waals surface area contributed by atoms with Crippen LogP contribution < -0.4 is 21.7 Å². The smallest absolute Gasteiger partial charge is 0.326 e. The molecule has 1 aromatic rings. The molecular weight excluding hydrogens is 436 g/mol. The fourth-order valence-electron chi connectivity index (χ4n) is 2.87. The highest BCUT2D eigenvalue weighted by Crippen LogP contribution is 2.12. The number of hydrogen-bond donors (Lipinski definition) is 8. The molecule has 4 unspecified atom stereocenters. The summed E-state index contributed by atoms with van der Waals surface area (Å²) in [5.74, 6) is -3.85. The Bertz CT molecular complexity index is 815. The molecule has 0 heterocycles. The molecule has 0 aromatic heterocycles. The quantitative estimate of drug-likeness (QED) is 0.158. The molecule has 4 atom stereocenters. The van der Waals surface area contributed by atoms with E-state index in [1.54, 1.807) is 13.8 Å². The van der Waals surface area contributed by atoms with Crippen LogP contribution in [-0.2, 0) is 25.6 Å². The van der Waals surface area contributed by atoms with Crippen molar-refractivity contribution >= 4 is 23.7 Å². The van der Waals surface area contributed by atoms with E-state index >= 15 is 0 Å². The summed E-state index contributed by atoms with van der Waals surface area (Å²) in [7, 11) is 0. The van der Waals surface area contributed by atoms with Gasteiger partial charge in [-0.25, -0.2) is 4.79 Å². The third-order valence-electron chi connectivity index (χ3n) is 4.68. The molecule has 0 aliphatic carbocycles. The minimum absolute atomic E-state index is 0.00233. The molecule has 0 bridgehead atoms. The van der Waals surface area contributed by atoms with Crippen LogP contribution in [0.2, 0.25) is 0 Å². The number of rotatable bonds is 13. The number of hydrogen-bond acceptors (Lipinski definition) is 8. The standard InChI is InChI=1S/C21H32N4O8/c1-11(2)7-16(21(32)33)24-20(31)17(10-27)25-19(30)15(23-18(29)14(22)9-26)8-12-3-5-13(28)6-4-12/h3-6,11,14-17,26-28H,7-10,22H2,1-2H3,(H,23,29)(H,24,31)(H,25,30)(H,32,33). The number of benzene rings is 1. The van der Waals surface area contributed by atoms with Crippen molar-refractivity contribution in [3.05, 3.63) is 29.8 Å². The van der Waals surface area contributed by atoms with E-state index in [4.69, 9.17) is 10.8 Å². The summed E-state index contributed by atoms with van der Waals surface area (Å²) >= 11 is 0. The van der Waals surface area contributed by atoms with Crippen LogP contribution in [-0.4, -0.2) is 81.5 Å². The Morgan fingerprint density at radius 1 is 0.848 bits per heavy atom. The van der Waals surface area contributed by atoms with Gasteiger partial charge in [-0.15, -0.1) is 0 Å². The molecule has 0 fully saturated rings. The van der Waals surface area contributed by atoms with Crippen LogP contribution >= 0.6 is 0 Å². The molecule has 3 amide bonds. The lowest BCUT2D eigenvalue weighted by Crippen LogP contribution is -2.58. The second kappa shape index (κ2) is 13.4. The van der Waals surface area contributed by atoms with E-state index in [2.05, 4.69) is 16.0 Å². The van der Waals surface area contributed by atoms with Crippen molar-refractivity contribution in [1.82, 2.24) is 16.0 Å². The maximum absolute atomic E-state index is 12.8. The van der Waals surface area contributed by atoms with Gasteiger partial charge in [-0.1, -0.05) is 26.0 Å². The molecular formula is C21H32N4O8. The number of aliphatic hydroxyl groups is 2. The number of nitrogens with one attached hydrogen (secondary N) is 3. The highest BCUT2D eigenvalue weighted by Gasteiger charge is 2.30. The number of nitrogens with two attached hydrogens (primary N) is 1. The molecule has 9 N–H and O–H groups in total. The second-order valence-corrected chi connectivity index (χ2v) is 7.99. The fraction of sp³-hybridized carbons (Fsp3) is 0.524. The summed E-state index contributed by atoms with van der Waals surface area (Å²) in [5, 5.41) is 44.3. The van der Waals surface area contributed by atoms with E-state index in [1.165, 1.54) is 24.3 Å². The molecule has 0 radical (unpaired) electrons. The van der Waals surface area contributed by atoms with Crippen molar-refractivity contribution < 1.29 is 39.6 Å². The molecule has 0 saturated carbocycles. The Labute approximate surface area is 191 Å². The number of aliphatic carboxylic acids is 1. The molecule has 0 spiro atoms. The number of carboxylic acid groups (broad SMARTS) is 1. The van der Waals surface area contributed by atoms with Gasteiger partial charge in [0.15, 0.2) is 0 Å². The maximum atomic E-state index is 12.8. The summed E-state index contributed by atoms with van der Waals surface area (Å²) in [6.45, 7) is 2.08. The molecule has 184 valence electrons. The second-order valence-electron chi connectivity index (χ2n) is 7.99. The van der Waals surface area contributed by atoms with Gasteiger partial charge in [0.25, 0.3) is 0 Å². The highest BCUT2D eigenvalue weighted by molar-refractivity contribution is 5.94. The Balaban J connectivity index is 2.98. The number of amides is 3. The van der Waals surface area contributed by atoms with Gasteiger partial charge in [0.2, 0.25) is 17.7 Å². The number of phenols is 1. The van der Waals surface area contributed by atoms with Crippen LogP contribution in [0.15, 0.2) is 24.3 Å². The van der Waals surface area contributed by atoms with Crippen LogP contribution in [0.1, 0.15) is 25.8 Å². The lowest BCUT2D eigenvalue weighted by atomic mass is 10.0. The minimum atomic E-state index is -1.47. The summed E-state index contributed by atoms with van der Waals surface area (Å²) in [4.78, 5) is 48.9. The molecule has 12 heteroatoms. The first-order valence-corrected chi connectivity index (χ1v) is 10.4. The van der Waals surface area contributed by atoms with Gasteiger partial charge in [0.05, 0.1) is 13.2 Å². The van der Waals surface area contributed by atoms with E-state index in [1.807, 2.05) is 0 Å². The van der Waals surface area contributed by atoms with Crippen molar-refractivity contribution in [1.29, 1.82) is 0 Å². The van der Waals surface area contributed by atoms with Gasteiger partial charge in [0, 0.05) is 6.42 Å². The Morgan fingerprint density at radius 3 is 1.85 bits per heavy atom. The fourth-order valence-corrected chi connectivity index (χ4v) is 2.87. The Hall–Kier alpha value is -3.22. The Morgan fingerprint density at radius 2 is 1.36 bits per heavy atom. The maximum Gasteiger partial charge on any atom is 0.326 e. The van der Waals surface area contributed by atoms with Crippen LogP contribution in [0.25, 0.3) is 0 Å². The van der Waals surface area contributed by atoms with Crippen LogP contribution in [0.5, 0.6) is 5.75 Å². The zero-order valence-corrected chi connectivity index (χ0v) is 18.5. The minimum Gasteiger partial charge on any atom is -0.508 e. The number of carbonyl (C=O) groups excluding carboxylic acids is 3. The number of carboxylic acids is 1. The summed E-state index contributed by atoms with van der Waals surface area (Å²) < 4.78 is 0.